The van der Waals surface area contributed by atoms with Crippen molar-refractivity contribution in [2.75, 3.05) is 25.2 Å². The van der Waals surface area contributed by atoms with Gasteiger partial charge in [-0.2, -0.15) is 5.26 Å². The fraction of sp³-hybridized carbons (Fsp3) is 0.533. The Balaban J connectivity index is 2.32. The van der Waals surface area contributed by atoms with Crippen LogP contribution in [-0.2, 0) is 4.74 Å². The minimum Gasteiger partial charge on any atom is -0.389 e. The van der Waals surface area contributed by atoms with Crippen molar-refractivity contribution < 1.29 is 9.84 Å². The van der Waals surface area contributed by atoms with Gasteiger partial charge in [0, 0.05) is 37.6 Å². The number of ether oxygens (including phenoxy) is 1. The highest BCUT2D eigenvalue weighted by atomic mass is 16.5. The minimum absolute atomic E-state index is 0.403. The summed E-state index contributed by atoms with van der Waals surface area (Å²) in [5.74, 6) is 0. The van der Waals surface area contributed by atoms with E-state index >= 15 is 0 Å². The predicted molar refractivity (Wildman–Crippen MR) is 74.0 cm³/mol. The second-order valence-corrected chi connectivity index (χ2v) is 5.02. The van der Waals surface area contributed by atoms with E-state index in [-0.39, 0.29) is 0 Å². The van der Waals surface area contributed by atoms with E-state index in [0.717, 1.165) is 37.3 Å². The lowest BCUT2D eigenvalue weighted by Crippen LogP contribution is -2.37. The highest BCUT2D eigenvalue weighted by molar-refractivity contribution is 5.58. The number of aliphatic hydroxyl groups is 1. The van der Waals surface area contributed by atoms with E-state index in [1.165, 1.54) is 0 Å². The molecular formula is C15H20N2O2. The summed E-state index contributed by atoms with van der Waals surface area (Å²) in [5.41, 5.74) is 2.44. The number of aliphatic hydroxyl groups excluding tert-OH is 1. The summed E-state index contributed by atoms with van der Waals surface area (Å²) in [7, 11) is 2.03. The zero-order chi connectivity index (χ0) is 13.8. The minimum atomic E-state index is -0.537. The van der Waals surface area contributed by atoms with Crippen molar-refractivity contribution in [2.45, 2.75) is 31.9 Å². The molecule has 1 aliphatic rings. The van der Waals surface area contributed by atoms with Crippen LogP contribution < -0.4 is 4.90 Å². The Morgan fingerprint density at radius 2 is 2.11 bits per heavy atom. The molecule has 1 heterocycles. The van der Waals surface area contributed by atoms with Crippen LogP contribution in [0.3, 0.4) is 0 Å². The number of nitriles is 1. The Kier molecular flexibility index (Phi) is 4.41. The Morgan fingerprint density at radius 1 is 1.42 bits per heavy atom. The molecule has 2 rings (SSSR count). The average Bonchev–Trinajstić information content (AvgIpc) is 2.46. The van der Waals surface area contributed by atoms with E-state index in [0.29, 0.717) is 11.6 Å². The maximum Gasteiger partial charge on any atom is 0.0992 e. The number of benzene rings is 1. The molecule has 1 N–H and O–H groups in total. The molecule has 0 saturated carbocycles. The Hall–Kier alpha value is -1.57. The first-order valence-electron chi connectivity index (χ1n) is 6.66. The quantitative estimate of drug-likeness (QED) is 0.905. The van der Waals surface area contributed by atoms with Crippen molar-refractivity contribution in [3.05, 3.63) is 29.3 Å². The van der Waals surface area contributed by atoms with E-state index in [9.17, 15) is 5.11 Å². The molecular weight excluding hydrogens is 240 g/mol. The maximum atomic E-state index is 9.88. The van der Waals surface area contributed by atoms with Crippen molar-refractivity contribution in [3.8, 4) is 6.07 Å². The van der Waals surface area contributed by atoms with Crippen LogP contribution in [0.25, 0.3) is 0 Å². The van der Waals surface area contributed by atoms with E-state index in [1.807, 2.05) is 19.2 Å². The normalized spacial score (nSPS) is 17.8. The van der Waals surface area contributed by atoms with E-state index in [2.05, 4.69) is 11.0 Å². The van der Waals surface area contributed by atoms with Gasteiger partial charge in [-0.05, 0) is 31.9 Å². The van der Waals surface area contributed by atoms with Crippen LogP contribution in [0.2, 0.25) is 0 Å². The number of hydrogen-bond acceptors (Lipinski definition) is 4. The second-order valence-electron chi connectivity index (χ2n) is 5.02. The van der Waals surface area contributed by atoms with Gasteiger partial charge in [0.05, 0.1) is 17.7 Å². The maximum absolute atomic E-state index is 9.88. The van der Waals surface area contributed by atoms with E-state index in [4.69, 9.17) is 10.00 Å². The highest BCUT2D eigenvalue weighted by Crippen LogP contribution is 2.30. The van der Waals surface area contributed by atoms with Gasteiger partial charge >= 0.3 is 0 Å². The number of hydrogen-bond donors (Lipinski definition) is 1. The van der Waals surface area contributed by atoms with Crippen LogP contribution in [0.5, 0.6) is 0 Å². The molecule has 102 valence electrons. The predicted octanol–water partition coefficient (Wildman–Crippen LogP) is 2.23. The fourth-order valence-electron chi connectivity index (χ4n) is 2.54. The molecule has 1 aromatic rings. The van der Waals surface area contributed by atoms with E-state index < -0.39 is 6.10 Å². The van der Waals surface area contributed by atoms with Gasteiger partial charge in [0.25, 0.3) is 0 Å². The van der Waals surface area contributed by atoms with Crippen molar-refractivity contribution in [2.24, 2.45) is 0 Å². The third-order valence-electron chi connectivity index (χ3n) is 3.73. The first-order chi connectivity index (χ1) is 9.13. The summed E-state index contributed by atoms with van der Waals surface area (Å²) in [6.07, 6.45) is 1.42. The second kappa shape index (κ2) is 6.05. The lowest BCUT2D eigenvalue weighted by molar-refractivity contribution is 0.0853. The van der Waals surface area contributed by atoms with Gasteiger partial charge in [-0.25, -0.2) is 0 Å². The van der Waals surface area contributed by atoms with Crippen molar-refractivity contribution >= 4 is 5.69 Å². The first-order valence-corrected chi connectivity index (χ1v) is 6.66. The Labute approximate surface area is 114 Å². The Bertz CT molecular complexity index is 474. The molecule has 1 aromatic carbocycles. The molecule has 4 heteroatoms. The largest absolute Gasteiger partial charge is 0.389 e. The van der Waals surface area contributed by atoms with Gasteiger partial charge in [0.2, 0.25) is 0 Å². The van der Waals surface area contributed by atoms with Gasteiger partial charge < -0.3 is 14.7 Å². The van der Waals surface area contributed by atoms with Crippen LogP contribution >= 0.6 is 0 Å². The summed E-state index contributed by atoms with van der Waals surface area (Å²) in [6, 6.07) is 8.01. The fourth-order valence-corrected chi connectivity index (χ4v) is 2.54. The third-order valence-corrected chi connectivity index (χ3v) is 3.73. The van der Waals surface area contributed by atoms with Gasteiger partial charge in [-0.15, -0.1) is 0 Å². The van der Waals surface area contributed by atoms with Gasteiger partial charge in [0.15, 0.2) is 0 Å². The van der Waals surface area contributed by atoms with Gasteiger partial charge in [0.1, 0.15) is 0 Å². The molecule has 1 atom stereocenters. The highest BCUT2D eigenvalue weighted by Gasteiger charge is 2.22. The number of anilines is 1. The summed E-state index contributed by atoms with van der Waals surface area (Å²) in [5, 5.41) is 18.9. The van der Waals surface area contributed by atoms with Crippen LogP contribution in [0, 0.1) is 11.3 Å². The molecule has 0 spiro atoms. The summed E-state index contributed by atoms with van der Waals surface area (Å²) in [4.78, 5) is 2.17. The van der Waals surface area contributed by atoms with Crippen LogP contribution in [0.15, 0.2) is 18.2 Å². The molecule has 1 fully saturated rings. The van der Waals surface area contributed by atoms with Gasteiger partial charge in [-0.3, -0.25) is 0 Å². The standard InChI is InChI=1S/C15H20N2O2/c1-11(18)14-4-3-12(10-16)9-15(14)17(2)13-5-7-19-8-6-13/h3-4,9,11,13,18H,5-8H2,1-2H3/t11-/m1/s1. The molecule has 19 heavy (non-hydrogen) atoms. The van der Waals surface area contributed by atoms with E-state index in [1.54, 1.807) is 13.0 Å². The first kappa shape index (κ1) is 13.9. The summed E-state index contributed by atoms with van der Waals surface area (Å²) < 4.78 is 5.38. The van der Waals surface area contributed by atoms with Crippen molar-refractivity contribution in [1.82, 2.24) is 0 Å². The molecule has 0 bridgehead atoms. The molecule has 0 aliphatic carbocycles. The zero-order valence-corrected chi connectivity index (χ0v) is 11.5. The number of nitrogens with zero attached hydrogens (tertiary/aromatic N) is 2. The molecule has 4 nitrogen and oxygen atoms in total. The monoisotopic (exact) mass is 260 g/mol. The van der Waals surface area contributed by atoms with Gasteiger partial charge in [-0.1, -0.05) is 6.07 Å². The van der Waals surface area contributed by atoms with Crippen LogP contribution in [-0.4, -0.2) is 31.4 Å². The smallest absolute Gasteiger partial charge is 0.0992 e. The number of rotatable bonds is 3. The molecule has 0 unspecified atom stereocenters. The SMILES string of the molecule is C[C@@H](O)c1ccc(C#N)cc1N(C)C1CCOCC1. The topological polar surface area (TPSA) is 56.5 Å². The molecule has 0 aromatic heterocycles. The van der Waals surface area contributed by atoms with Crippen molar-refractivity contribution in [1.29, 1.82) is 5.26 Å². The lowest BCUT2D eigenvalue weighted by Gasteiger charge is -2.34. The zero-order valence-electron chi connectivity index (χ0n) is 11.5. The van der Waals surface area contributed by atoms with Crippen molar-refractivity contribution in [3.63, 3.8) is 0 Å². The van der Waals surface area contributed by atoms with Crippen LogP contribution in [0.4, 0.5) is 5.69 Å². The van der Waals surface area contributed by atoms with Crippen LogP contribution in [0.1, 0.15) is 37.0 Å². The average molecular weight is 260 g/mol. The molecule has 0 amide bonds. The molecule has 0 radical (unpaired) electrons. The molecule has 1 saturated heterocycles. The summed E-state index contributed by atoms with van der Waals surface area (Å²) in [6.45, 7) is 3.30. The Morgan fingerprint density at radius 3 is 2.68 bits per heavy atom. The summed E-state index contributed by atoms with van der Waals surface area (Å²) >= 11 is 0. The lowest BCUT2D eigenvalue weighted by atomic mass is 10.0. The third kappa shape index (κ3) is 3.06. The molecule has 1 aliphatic heterocycles.